The highest BCUT2D eigenvalue weighted by Gasteiger charge is 2.12. The van der Waals surface area contributed by atoms with Gasteiger partial charge in [0.1, 0.15) is 5.75 Å². The standard InChI is InChI=1S/C14H14BrNO3S/c1-19-14-8-12(15)7-13(9-14)16-20(17,18)10-11-5-3-2-4-6-11/h2-9,16H,10H2,1H3. The van der Waals surface area contributed by atoms with Crippen LogP contribution in [0.5, 0.6) is 5.75 Å². The lowest BCUT2D eigenvalue weighted by molar-refractivity contribution is 0.415. The number of methoxy groups -OCH3 is 1. The third-order valence-corrected chi connectivity index (χ3v) is 4.30. The zero-order chi connectivity index (χ0) is 14.6. The van der Waals surface area contributed by atoms with E-state index in [4.69, 9.17) is 4.74 Å². The van der Waals surface area contributed by atoms with Crippen molar-refractivity contribution in [3.8, 4) is 5.75 Å². The van der Waals surface area contributed by atoms with Crippen LogP contribution in [0.4, 0.5) is 5.69 Å². The van der Waals surface area contributed by atoms with Gasteiger partial charge in [-0.15, -0.1) is 0 Å². The molecule has 0 unspecified atom stereocenters. The smallest absolute Gasteiger partial charge is 0.236 e. The van der Waals surface area contributed by atoms with Crippen LogP contribution in [-0.4, -0.2) is 15.5 Å². The number of benzene rings is 2. The minimum atomic E-state index is -3.46. The molecular formula is C14H14BrNO3S. The summed E-state index contributed by atoms with van der Waals surface area (Å²) < 4.78 is 32.6. The Balaban J connectivity index is 2.18. The van der Waals surface area contributed by atoms with E-state index in [2.05, 4.69) is 20.7 Å². The zero-order valence-electron chi connectivity index (χ0n) is 10.8. The van der Waals surface area contributed by atoms with E-state index in [1.54, 1.807) is 30.3 Å². The maximum absolute atomic E-state index is 12.1. The van der Waals surface area contributed by atoms with Crippen molar-refractivity contribution in [2.75, 3.05) is 11.8 Å². The Morgan fingerprint density at radius 3 is 2.50 bits per heavy atom. The van der Waals surface area contributed by atoms with E-state index < -0.39 is 10.0 Å². The Labute approximate surface area is 127 Å². The molecule has 0 aliphatic rings. The van der Waals surface area contributed by atoms with Crippen molar-refractivity contribution in [1.29, 1.82) is 0 Å². The molecule has 2 rings (SSSR count). The van der Waals surface area contributed by atoms with Crippen LogP contribution in [0.2, 0.25) is 0 Å². The number of sulfonamides is 1. The summed E-state index contributed by atoms with van der Waals surface area (Å²) in [6, 6.07) is 14.1. The highest BCUT2D eigenvalue weighted by atomic mass is 79.9. The van der Waals surface area contributed by atoms with Crippen LogP contribution in [0, 0.1) is 0 Å². The fraction of sp³-hybridized carbons (Fsp3) is 0.143. The summed E-state index contributed by atoms with van der Waals surface area (Å²) in [7, 11) is -1.92. The van der Waals surface area contributed by atoms with Crippen LogP contribution in [0.15, 0.2) is 53.0 Å². The Hall–Kier alpha value is -1.53. The lowest BCUT2D eigenvalue weighted by Crippen LogP contribution is -2.15. The van der Waals surface area contributed by atoms with Gasteiger partial charge in [-0.1, -0.05) is 46.3 Å². The molecule has 0 aliphatic carbocycles. The number of anilines is 1. The molecule has 4 nitrogen and oxygen atoms in total. The third-order valence-electron chi connectivity index (χ3n) is 2.58. The van der Waals surface area contributed by atoms with Gasteiger partial charge in [-0.05, 0) is 17.7 Å². The first-order valence-electron chi connectivity index (χ1n) is 5.87. The average molecular weight is 356 g/mol. The number of hydrogen-bond acceptors (Lipinski definition) is 3. The summed E-state index contributed by atoms with van der Waals surface area (Å²) in [5, 5.41) is 0. The van der Waals surface area contributed by atoms with Gasteiger partial charge in [0.25, 0.3) is 0 Å². The predicted octanol–water partition coefficient (Wildman–Crippen LogP) is 3.40. The van der Waals surface area contributed by atoms with Crippen molar-refractivity contribution in [3.05, 3.63) is 58.6 Å². The number of rotatable bonds is 5. The first kappa shape index (κ1) is 14.9. The SMILES string of the molecule is COc1cc(Br)cc(NS(=O)(=O)Cc2ccccc2)c1. The molecule has 0 saturated carbocycles. The number of nitrogens with one attached hydrogen (secondary N) is 1. The van der Waals surface area contributed by atoms with Gasteiger partial charge >= 0.3 is 0 Å². The van der Waals surface area contributed by atoms with Crippen molar-refractivity contribution >= 4 is 31.6 Å². The predicted molar refractivity (Wildman–Crippen MR) is 83.4 cm³/mol. The Morgan fingerprint density at radius 2 is 1.85 bits per heavy atom. The minimum absolute atomic E-state index is 0.0668. The van der Waals surface area contributed by atoms with Crippen LogP contribution in [0.1, 0.15) is 5.56 Å². The zero-order valence-corrected chi connectivity index (χ0v) is 13.2. The highest BCUT2D eigenvalue weighted by molar-refractivity contribution is 9.10. The second kappa shape index (κ2) is 6.28. The summed E-state index contributed by atoms with van der Waals surface area (Å²) in [6.45, 7) is 0. The molecule has 0 fully saturated rings. The van der Waals surface area contributed by atoms with Crippen molar-refractivity contribution in [2.24, 2.45) is 0 Å². The molecule has 0 spiro atoms. The maximum atomic E-state index is 12.1. The first-order chi connectivity index (χ1) is 9.48. The lowest BCUT2D eigenvalue weighted by Gasteiger charge is -2.10. The molecule has 0 saturated heterocycles. The molecule has 20 heavy (non-hydrogen) atoms. The molecule has 2 aromatic rings. The fourth-order valence-electron chi connectivity index (χ4n) is 1.75. The van der Waals surface area contributed by atoms with Crippen LogP contribution in [0.3, 0.4) is 0 Å². The third kappa shape index (κ3) is 4.25. The van der Waals surface area contributed by atoms with E-state index in [0.717, 1.165) is 10.0 Å². The number of halogens is 1. The second-order valence-electron chi connectivity index (χ2n) is 4.23. The van der Waals surface area contributed by atoms with Crippen LogP contribution in [-0.2, 0) is 15.8 Å². The van der Waals surface area contributed by atoms with Gasteiger partial charge in [0.05, 0.1) is 18.6 Å². The summed E-state index contributed by atoms with van der Waals surface area (Å²) in [5.41, 5.74) is 1.20. The molecular weight excluding hydrogens is 342 g/mol. The van der Waals surface area contributed by atoms with E-state index in [1.807, 2.05) is 18.2 Å². The van der Waals surface area contributed by atoms with Crippen LogP contribution in [0.25, 0.3) is 0 Å². The van der Waals surface area contributed by atoms with E-state index in [1.165, 1.54) is 7.11 Å². The average Bonchev–Trinajstić information content (AvgIpc) is 2.37. The normalized spacial score (nSPS) is 11.1. The highest BCUT2D eigenvalue weighted by Crippen LogP contribution is 2.25. The fourth-order valence-corrected chi connectivity index (χ4v) is 3.40. The van der Waals surface area contributed by atoms with E-state index in [-0.39, 0.29) is 5.75 Å². The second-order valence-corrected chi connectivity index (χ2v) is 6.86. The molecule has 6 heteroatoms. The van der Waals surface area contributed by atoms with Gasteiger partial charge in [0.2, 0.25) is 10.0 Å². The topological polar surface area (TPSA) is 55.4 Å². The van der Waals surface area contributed by atoms with Gasteiger partial charge in [-0.25, -0.2) is 8.42 Å². The Bertz CT molecular complexity index is 687. The summed E-state index contributed by atoms with van der Waals surface area (Å²) in [6.07, 6.45) is 0. The Morgan fingerprint density at radius 1 is 1.15 bits per heavy atom. The lowest BCUT2D eigenvalue weighted by atomic mass is 10.2. The van der Waals surface area contributed by atoms with Gasteiger partial charge in [0.15, 0.2) is 0 Å². The van der Waals surface area contributed by atoms with Crippen LogP contribution < -0.4 is 9.46 Å². The van der Waals surface area contributed by atoms with Crippen LogP contribution >= 0.6 is 15.9 Å². The van der Waals surface area contributed by atoms with Gasteiger partial charge in [0, 0.05) is 10.5 Å². The number of ether oxygens (including phenoxy) is 1. The van der Waals surface area contributed by atoms with Crippen molar-refractivity contribution in [3.63, 3.8) is 0 Å². The first-order valence-corrected chi connectivity index (χ1v) is 8.32. The Kier molecular flexibility index (Phi) is 4.67. The quantitative estimate of drug-likeness (QED) is 0.893. The molecule has 0 atom stereocenters. The molecule has 1 N–H and O–H groups in total. The largest absolute Gasteiger partial charge is 0.497 e. The van der Waals surface area contributed by atoms with Gasteiger partial charge in [-0.3, -0.25) is 4.72 Å². The molecule has 0 bridgehead atoms. The molecule has 106 valence electrons. The van der Waals surface area contributed by atoms with Gasteiger partial charge < -0.3 is 4.74 Å². The van der Waals surface area contributed by atoms with E-state index >= 15 is 0 Å². The van der Waals surface area contributed by atoms with E-state index in [9.17, 15) is 8.42 Å². The molecule has 0 aliphatic heterocycles. The molecule has 2 aromatic carbocycles. The summed E-state index contributed by atoms with van der Waals surface area (Å²) in [4.78, 5) is 0. The van der Waals surface area contributed by atoms with E-state index in [0.29, 0.717) is 11.4 Å². The summed E-state index contributed by atoms with van der Waals surface area (Å²) in [5.74, 6) is 0.514. The molecule has 0 radical (unpaired) electrons. The molecule has 0 heterocycles. The van der Waals surface area contributed by atoms with Crippen molar-refractivity contribution in [2.45, 2.75) is 5.75 Å². The van der Waals surface area contributed by atoms with Gasteiger partial charge in [-0.2, -0.15) is 0 Å². The monoisotopic (exact) mass is 355 g/mol. The molecule has 0 amide bonds. The minimum Gasteiger partial charge on any atom is -0.497 e. The van der Waals surface area contributed by atoms with Crippen molar-refractivity contribution in [1.82, 2.24) is 0 Å². The van der Waals surface area contributed by atoms with Crippen molar-refractivity contribution < 1.29 is 13.2 Å². The molecule has 0 aromatic heterocycles. The number of hydrogen-bond donors (Lipinski definition) is 1. The maximum Gasteiger partial charge on any atom is 0.236 e. The summed E-state index contributed by atoms with van der Waals surface area (Å²) >= 11 is 3.31.